The quantitative estimate of drug-likeness (QED) is 0.922. The van der Waals surface area contributed by atoms with Gasteiger partial charge in [-0.3, -0.25) is 4.90 Å². The minimum Gasteiger partial charge on any atom is -0.345 e. The van der Waals surface area contributed by atoms with E-state index in [2.05, 4.69) is 52.1 Å². The number of nitrogens with zero attached hydrogens (tertiary/aromatic N) is 2. The number of hydrogen-bond acceptors (Lipinski definition) is 2. The van der Waals surface area contributed by atoms with Crippen LogP contribution in [0.25, 0.3) is 5.57 Å². The number of hydrogen-bond donors (Lipinski definition) is 1. The van der Waals surface area contributed by atoms with Crippen molar-refractivity contribution in [2.75, 3.05) is 19.6 Å². The first kappa shape index (κ1) is 13.1. The second-order valence-electron chi connectivity index (χ2n) is 5.43. The first-order valence-corrected chi connectivity index (χ1v) is 7.32. The van der Waals surface area contributed by atoms with Crippen molar-refractivity contribution in [2.45, 2.75) is 19.8 Å². The van der Waals surface area contributed by atoms with Gasteiger partial charge in [-0.1, -0.05) is 35.9 Å². The van der Waals surface area contributed by atoms with Crippen molar-refractivity contribution >= 4 is 5.57 Å². The SMILES string of the molecule is Cc1ccc(C(=CCN2CCCC2)c2ncc[nH]2)cc1. The van der Waals surface area contributed by atoms with Gasteiger partial charge in [-0.05, 0) is 38.4 Å². The fraction of sp³-hybridized carbons (Fsp3) is 0.353. The van der Waals surface area contributed by atoms with Gasteiger partial charge in [-0.25, -0.2) is 4.98 Å². The van der Waals surface area contributed by atoms with Gasteiger partial charge in [-0.2, -0.15) is 0 Å². The summed E-state index contributed by atoms with van der Waals surface area (Å²) < 4.78 is 0. The molecule has 0 unspecified atom stereocenters. The highest BCUT2D eigenvalue weighted by Gasteiger charge is 2.12. The lowest BCUT2D eigenvalue weighted by atomic mass is 10.0. The highest BCUT2D eigenvalue weighted by Crippen LogP contribution is 2.21. The van der Waals surface area contributed by atoms with Gasteiger partial charge in [0.2, 0.25) is 0 Å². The van der Waals surface area contributed by atoms with Crippen molar-refractivity contribution in [1.29, 1.82) is 0 Å². The zero-order valence-corrected chi connectivity index (χ0v) is 12.0. The Kier molecular flexibility index (Phi) is 3.97. The number of imidazole rings is 1. The molecule has 1 aromatic carbocycles. The van der Waals surface area contributed by atoms with Crippen molar-refractivity contribution in [3.63, 3.8) is 0 Å². The van der Waals surface area contributed by atoms with E-state index in [1.165, 1.54) is 42.6 Å². The summed E-state index contributed by atoms with van der Waals surface area (Å²) in [6.07, 6.45) is 8.65. The Bertz CT molecular complexity index is 561. The summed E-state index contributed by atoms with van der Waals surface area (Å²) in [5, 5.41) is 0. The Morgan fingerprint density at radius 3 is 2.65 bits per heavy atom. The van der Waals surface area contributed by atoms with E-state index in [1.807, 2.05) is 12.4 Å². The Morgan fingerprint density at radius 2 is 2.00 bits per heavy atom. The molecule has 0 amide bonds. The van der Waals surface area contributed by atoms with Gasteiger partial charge in [0.1, 0.15) is 5.82 Å². The first-order valence-electron chi connectivity index (χ1n) is 7.32. The molecule has 0 atom stereocenters. The summed E-state index contributed by atoms with van der Waals surface area (Å²) in [6.45, 7) is 5.56. The summed E-state index contributed by atoms with van der Waals surface area (Å²) in [5.41, 5.74) is 3.71. The van der Waals surface area contributed by atoms with Gasteiger partial charge in [0.05, 0.1) is 0 Å². The highest BCUT2D eigenvalue weighted by atomic mass is 15.1. The molecule has 1 fully saturated rings. The van der Waals surface area contributed by atoms with Gasteiger partial charge in [-0.15, -0.1) is 0 Å². The summed E-state index contributed by atoms with van der Waals surface area (Å²) in [6, 6.07) is 8.66. The van der Waals surface area contributed by atoms with E-state index in [-0.39, 0.29) is 0 Å². The van der Waals surface area contributed by atoms with Crippen molar-refractivity contribution in [3.8, 4) is 0 Å². The Morgan fingerprint density at radius 1 is 1.25 bits per heavy atom. The Balaban J connectivity index is 1.87. The summed E-state index contributed by atoms with van der Waals surface area (Å²) in [4.78, 5) is 10.1. The third kappa shape index (κ3) is 2.99. The molecule has 1 saturated heterocycles. The van der Waals surface area contributed by atoms with Crippen molar-refractivity contribution < 1.29 is 0 Å². The second-order valence-corrected chi connectivity index (χ2v) is 5.43. The Hall–Kier alpha value is -1.87. The molecule has 0 spiro atoms. The molecule has 1 N–H and O–H groups in total. The topological polar surface area (TPSA) is 31.9 Å². The maximum atomic E-state index is 4.42. The van der Waals surface area contributed by atoms with E-state index >= 15 is 0 Å². The number of rotatable bonds is 4. The Labute approximate surface area is 120 Å². The summed E-state index contributed by atoms with van der Waals surface area (Å²) in [7, 11) is 0. The minimum absolute atomic E-state index is 0.952. The van der Waals surface area contributed by atoms with Crippen molar-refractivity contribution in [1.82, 2.24) is 14.9 Å². The van der Waals surface area contributed by atoms with Gasteiger partial charge >= 0.3 is 0 Å². The van der Waals surface area contributed by atoms with Crippen molar-refractivity contribution in [3.05, 3.63) is 59.7 Å². The van der Waals surface area contributed by atoms with Crippen molar-refractivity contribution in [2.24, 2.45) is 0 Å². The van der Waals surface area contributed by atoms with E-state index in [0.29, 0.717) is 0 Å². The van der Waals surface area contributed by atoms with Crippen LogP contribution in [0.5, 0.6) is 0 Å². The smallest absolute Gasteiger partial charge is 0.137 e. The molecule has 0 saturated carbocycles. The molecule has 3 nitrogen and oxygen atoms in total. The van der Waals surface area contributed by atoms with Crippen LogP contribution in [0.15, 0.2) is 42.7 Å². The molecule has 1 aliphatic rings. The van der Waals surface area contributed by atoms with E-state index < -0.39 is 0 Å². The third-order valence-electron chi connectivity index (χ3n) is 3.87. The number of aromatic amines is 1. The standard InChI is InChI=1S/C17H21N3/c1-14-4-6-15(7-5-14)16(17-18-9-10-19-17)8-13-20-11-2-3-12-20/h4-10H,2-3,11-13H2,1H3,(H,18,19). The number of nitrogens with one attached hydrogen (secondary N) is 1. The van der Waals surface area contributed by atoms with Crippen LogP contribution in [0.3, 0.4) is 0 Å². The lowest BCUT2D eigenvalue weighted by Crippen LogP contribution is -2.19. The predicted molar refractivity (Wildman–Crippen MR) is 82.5 cm³/mol. The molecule has 1 aliphatic heterocycles. The number of aryl methyl sites for hydroxylation is 1. The highest BCUT2D eigenvalue weighted by molar-refractivity contribution is 5.76. The number of benzene rings is 1. The molecule has 104 valence electrons. The molecule has 2 aromatic rings. The van der Waals surface area contributed by atoms with Crippen LogP contribution in [-0.4, -0.2) is 34.5 Å². The van der Waals surface area contributed by atoms with Crippen LogP contribution >= 0.6 is 0 Å². The molecule has 0 bridgehead atoms. The van der Waals surface area contributed by atoms with Crippen LogP contribution in [0.1, 0.15) is 29.8 Å². The molecule has 3 heteroatoms. The summed E-state index contributed by atoms with van der Waals surface area (Å²) >= 11 is 0. The minimum atomic E-state index is 0.952. The fourth-order valence-electron chi connectivity index (χ4n) is 2.68. The molecule has 20 heavy (non-hydrogen) atoms. The summed E-state index contributed by atoms with van der Waals surface area (Å²) in [5.74, 6) is 0.952. The van der Waals surface area contributed by atoms with Gasteiger partial charge < -0.3 is 4.98 Å². The lowest BCUT2D eigenvalue weighted by molar-refractivity contribution is 0.377. The van der Waals surface area contributed by atoms with E-state index in [1.54, 1.807) is 0 Å². The van der Waals surface area contributed by atoms with Gasteiger partial charge in [0.25, 0.3) is 0 Å². The average Bonchev–Trinajstić information content (AvgIpc) is 3.14. The average molecular weight is 267 g/mol. The maximum absolute atomic E-state index is 4.42. The number of H-pyrrole nitrogens is 1. The van der Waals surface area contributed by atoms with Crippen LogP contribution in [0.2, 0.25) is 0 Å². The van der Waals surface area contributed by atoms with Gasteiger partial charge in [0.15, 0.2) is 0 Å². The van der Waals surface area contributed by atoms with E-state index in [9.17, 15) is 0 Å². The largest absolute Gasteiger partial charge is 0.345 e. The number of aromatic nitrogens is 2. The van der Waals surface area contributed by atoms with E-state index in [4.69, 9.17) is 0 Å². The molecule has 0 radical (unpaired) electrons. The lowest BCUT2D eigenvalue weighted by Gasteiger charge is -2.13. The maximum Gasteiger partial charge on any atom is 0.137 e. The second kappa shape index (κ2) is 6.06. The molecule has 0 aliphatic carbocycles. The molecular weight excluding hydrogens is 246 g/mol. The van der Waals surface area contributed by atoms with Gasteiger partial charge in [0, 0.05) is 24.5 Å². The monoisotopic (exact) mass is 267 g/mol. The number of likely N-dealkylation sites (tertiary alicyclic amines) is 1. The van der Waals surface area contributed by atoms with Crippen LogP contribution in [0, 0.1) is 6.92 Å². The third-order valence-corrected chi connectivity index (χ3v) is 3.87. The molecule has 1 aromatic heterocycles. The molecule has 3 rings (SSSR count). The van der Waals surface area contributed by atoms with Crippen LogP contribution in [0.4, 0.5) is 0 Å². The van der Waals surface area contributed by atoms with E-state index in [0.717, 1.165) is 12.4 Å². The fourth-order valence-corrected chi connectivity index (χ4v) is 2.68. The van der Waals surface area contributed by atoms with Crippen LogP contribution in [-0.2, 0) is 0 Å². The molecule has 2 heterocycles. The first-order chi connectivity index (χ1) is 9.83. The normalized spacial score (nSPS) is 16.8. The predicted octanol–water partition coefficient (Wildman–Crippen LogP) is 3.25. The van der Waals surface area contributed by atoms with Crippen LogP contribution < -0.4 is 0 Å². The zero-order chi connectivity index (χ0) is 13.8. The molecular formula is C17H21N3. The zero-order valence-electron chi connectivity index (χ0n) is 12.0.